The molecule has 0 atom stereocenters. The largest absolute Gasteiger partial charge is 0.398 e. The van der Waals surface area contributed by atoms with Gasteiger partial charge in [-0.1, -0.05) is 34.1 Å². The van der Waals surface area contributed by atoms with Crippen LogP contribution in [-0.2, 0) is 6.54 Å². The van der Waals surface area contributed by atoms with Crippen LogP contribution in [0.15, 0.2) is 46.9 Å². The van der Waals surface area contributed by atoms with Crippen LogP contribution < -0.4 is 11.1 Å². The Kier molecular flexibility index (Phi) is 4.54. The van der Waals surface area contributed by atoms with Crippen molar-refractivity contribution >= 4 is 33.2 Å². The molecule has 0 radical (unpaired) electrons. The molecule has 0 spiro atoms. The zero-order chi connectivity index (χ0) is 15.4. The average Bonchev–Trinajstić information content (AvgIpc) is 2.45. The second-order valence-electron chi connectivity index (χ2n) is 4.30. The van der Waals surface area contributed by atoms with Gasteiger partial charge in [-0.3, -0.25) is 14.9 Å². The van der Waals surface area contributed by atoms with Gasteiger partial charge < -0.3 is 11.1 Å². The number of benzene rings is 2. The van der Waals surface area contributed by atoms with E-state index >= 15 is 0 Å². The molecule has 21 heavy (non-hydrogen) atoms. The minimum atomic E-state index is -0.477. The molecular weight excluding hydrogens is 338 g/mol. The predicted molar refractivity (Wildman–Crippen MR) is 82.8 cm³/mol. The predicted octanol–water partition coefficient (Wildman–Crippen LogP) is 2.87. The van der Waals surface area contributed by atoms with E-state index < -0.39 is 4.92 Å². The number of carbonyl (C=O) groups excluding carboxylic acids is 1. The smallest absolute Gasteiger partial charge is 0.274 e. The maximum Gasteiger partial charge on any atom is 0.274 e. The molecule has 7 heteroatoms. The number of para-hydroxylation sites is 1. The van der Waals surface area contributed by atoms with Crippen molar-refractivity contribution in [2.45, 2.75) is 6.54 Å². The number of nitrogens with zero attached hydrogens (tertiary/aromatic N) is 1. The SMILES string of the molecule is Nc1cc(Br)ccc1C(=O)NCc1ccccc1[N+](=O)[O-]. The molecule has 3 N–H and O–H groups in total. The van der Waals surface area contributed by atoms with Crippen LogP contribution in [0.25, 0.3) is 0 Å². The van der Waals surface area contributed by atoms with Gasteiger partial charge in [-0.25, -0.2) is 0 Å². The lowest BCUT2D eigenvalue weighted by Gasteiger charge is -2.08. The number of nitro groups is 1. The first-order valence-electron chi connectivity index (χ1n) is 6.04. The second-order valence-corrected chi connectivity index (χ2v) is 5.22. The number of halogens is 1. The maximum absolute atomic E-state index is 12.1. The number of nitro benzene ring substituents is 1. The summed E-state index contributed by atoms with van der Waals surface area (Å²) in [6, 6.07) is 11.2. The summed E-state index contributed by atoms with van der Waals surface area (Å²) in [5.74, 6) is -0.377. The molecule has 0 bridgehead atoms. The Labute approximate surface area is 129 Å². The van der Waals surface area contributed by atoms with Crippen molar-refractivity contribution in [1.82, 2.24) is 5.32 Å². The second kappa shape index (κ2) is 6.36. The number of amides is 1. The van der Waals surface area contributed by atoms with Gasteiger partial charge in [0.15, 0.2) is 0 Å². The van der Waals surface area contributed by atoms with Gasteiger partial charge >= 0.3 is 0 Å². The third-order valence-corrected chi connectivity index (χ3v) is 3.38. The first kappa shape index (κ1) is 15.0. The summed E-state index contributed by atoms with van der Waals surface area (Å²) in [5, 5.41) is 13.5. The van der Waals surface area contributed by atoms with Crippen molar-refractivity contribution < 1.29 is 9.72 Å². The molecule has 2 aromatic carbocycles. The fourth-order valence-corrected chi connectivity index (χ4v) is 2.23. The summed E-state index contributed by atoms with van der Waals surface area (Å²) in [5.41, 5.74) is 6.85. The number of rotatable bonds is 4. The molecular formula is C14H12BrN3O3. The number of nitrogen functional groups attached to an aromatic ring is 1. The molecule has 0 unspecified atom stereocenters. The molecule has 0 aliphatic carbocycles. The number of nitrogens with two attached hydrogens (primary N) is 1. The van der Waals surface area contributed by atoms with Crippen LogP contribution in [0.4, 0.5) is 11.4 Å². The minimum Gasteiger partial charge on any atom is -0.398 e. The van der Waals surface area contributed by atoms with E-state index in [1.807, 2.05) is 0 Å². The van der Waals surface area contributed by atoms with Crippen LogP contribution in [0.1, 0.15) is 15.9 Å². The summed E-state index contributed by atoms with van der Waals surface area (Å²) in [6.45, 7) is 0.0610. The maximum atomic E-state index is 12.1. The summed E-state index contributed by atoms with van der Waals surface area (Å²) < 4.78 is 0.773. The highest BCUT2D eigenvalue weighted by atomic mass is 79.9. The van der Waals surface area contributed by atoms with E-state index in [1.54, 1.807) is 36.4 Å². The first-order chi connectivity index (χ1) is 9.99. The van der Waals surface area contributed by atoms with Crippen molar-refractivity contribution in [2.24, 2.45) is 0 Å². The van der Waals surface area contributed by atoms with Crippen LogP contribution in [0.5, 0.6) is 0 Å². The van der Waals surface area contributed by atoms with Gasteiger partial charge in [-0.2, -0.15) is 0 Å². The first-order valence-corrected chi connectivity index (χ1v) is 6.84. The van der Waals surface area contributed by atoms with Crippen molar-refractivity contribution in [2.75, 3.05) is 5.73 Å². The van der Waals surface area contributed by atoms with Crippen molar-refractivity contribution in [3.05, 3.63) is 68.2 Å². The van der Waals surface area contributed by atoms with E-state index in [-0.39, 0.29) is 18.1 Å². The lowest BCUT2D eigenvalue weighted by Crippen LogP contribution is -2.24. The van der Waals surface area contributed by atoms with Gasteiger partial charge in [0.2, 0.25) is 0 Å². The van der Waals surface area contributed by atoms with Crippen LogP contribution >= 0.6 is 15.9 Å². The molecule has 0 saturated carbocycles. The minimum absolute atomic E-state index is 0.0263. The summed E-state index contributed by atoms with van der Waals surface area (Å²) in [4.78, 5) is 22.5. The third-order valence-electron chi connectivity index (χ3n) is 2.89. The van der Waals surface area contributed by atoms with Gasteiger partial charge in [-0.15, -0.1) is 0 Å². The van der Waals surface area contributed by atoms with E-state index in [0.717, 1.165) is 4.47 Å². The molecule has 0 aliphatic heterocycles. The molecule has 0 fully saturated rings. The Bertz CT molecular complexity index is 704. The van der Waals surface area contributed by atoms with Gasteiger partial charge in [0.25, 0.3) is 11.6 Å². The number of carbonyl (C=O) groups is 1. The number of hydrogen-bond acceptors (Lipinski definition) is 4. The zero-order valence-corrected chi connectivity index (χ0v) is 12.5. The molecule has 6 nitrogen and oxygen atoms in total. The standard InChI is InChI=1S/C14H12BrN3O3/c15-10-5-6-11(12(16)7-10)14(19)17-8-9-3-1-2-4-13(9)18(20)21/h1-7H,8,16H2,(H,17,19). The molecule has 2 aromatic rings. The number of hydrogen-bond donors (Lipinski definition) is 2. The van der Waals surface area contributed by atoms with Gasteiger partial charge in [0, 0.05) is 28.3 Å². The average molecular weight is 350 g/mol. The molecule has 2 rings (SSSR count). The van der Waals surface area contributed by atoms with Crippen LogP contribution in [0.3, 0.4) is 0 Å². The van der Waals surface area contributed by atoms with E-state index in [2.05, 4.69) is 21.2 Å². The summed E-state index contributed by atoms with van der Waals surface area (Å²) in [7, 11) is 0. The van der Waals surface area contributed by atoms with Crippen LogP contribution in [0.2, 0.25) is 0 Å². The van der Waals surface area contributed by atoms with Crippen LogP contribution in [0, 0.1) is 10.1 Å². The summed E-state index contributed by atoms with van der Waals surface area (Å²) in [6.07, 6.45) is 0. The van der Waals surface area contributed by atoms with Gasteiger partial charge in [0.1, 0.15) is 0 Å². The van der Waals surface area contributed by atoms with Gasteiger partial charge in [-0.05, 0) is 18.2 Å². The van der Waals surface area contributed by atoms with Crippen LogP contribution in [-0.4, -0.2) is 10.8 Å². The Morgan fingerprint density at radius 1 is 1.29 bits per heavy atom. The Balaban J connectivity index is 2.13. The Morgan fingerprint density at radius 3 is 2.67 bits per heavy atom. The van der Waals surface area contributed by atoms with Crippen molar-refractivity contribution in [3.8, 4) is 0 Å². The number of nitrogens with one attached hydrogen (secondary N) is 1. The number of anilines is 1. The summed E-state index contributed by atoms with van der Waals surface area (Å²) >= 11 is 3.26. The highest BCUT2D eigenvalue weighted by Gasteiger charge is 2.14. The topological polar surface area (TPSA) is 98.3 Å². The van der Waals surface area contributed by atoms with Crippen molar-refractivity contribution in [1.29, 1.82) is 0 Å². The highest BCUT2D eigenvalue weighted by Crippen LogP contribution is 2.20. The van der Waals surface area contributed by atoms with Gasteiger partial charge in [0.05, 0.1) is 10.5 Å². The van der Waals surface area contributed by atoms with Crippen molar-refractivity contribution in [3.63, 3.8) is 0 Å². The monoisotopic (exact) mass is 349 g/mol. The molecule has 1 amide bonds. The Morgan fingerprint density at radius 2 is 2.00 bits per heavy atom. The fourth-order valence-electron chi connectivity index (χ4n) is 1.85. The van der Waals surface area contributed by atoms with E-state index in [1.165, 1.54) is 6.07 Å². The van der Waals surface area contributed by atoms with E-state index in [9.17, 15) is 14.9 Å². The lowest BCUT2D eigenvalue weighted by molar-refractivity contribution is -0.385. The van der Waals surface area contributed by atoms with E-state index in [0.29, 0.717) is 16.8 Å². The molecule has 0 aromatic heterocycles. The third kappa shape index (κ3) is 3.57. The van der Waals surface area contributed by atoms with E-state index in [4.69, 9.17) is 5.73 Å². The molecule has 0 saturated heterocycles. The zero-order valence-electron chi connectivity index (χ0n) is 10.9. The normalized spacial score (nSPS) is 10.1. The fraction of sp³-hybridized carbons (Fsp3) is 0.0714. The quantitative estimate of drug-likeness (QED) is 0.503. The highest BCUT2D eigenvalue weighted by molar-refractivity contribution is 9.10. The molecule has 0 aliphatic rings. The molecule has 108 valence electrons. The lowest BCUT2D eigenvalue weighted by atomic mass is 10.1. The Hall–Kier alpha value is -2.41. The molecule has 0 heterocycles.